The van der Waals surface area contributed by atoms with Crippen LogP contribution in [0.2, 0.25) is 0 Å². The van der Waals surface area contributed by atoms with Crippen molar-refractivity contribution in [1.29, 1.82) is 0 Å². The zero-order chi connectivity index (χ0) is 37.7. The molecule has 0 radical (unpaired) electrons. The normalized spacial score (nSPS) is 13.4. The highest BCUT2D eigenvalue weighted by atomic mass is 31.2. The van der Waals surface area contributed by atoms with E-state index in [4.69, 9.17) is 9.47 Å². The molecule has 7 rings (SSSR count). The summed E-state index contributed by atoms with van der Waals surface area (Å²) in [6, 6.07) is 48.3. The van der Waals surface area contributed by atoms with Crippen LogP contribution in [0.4, 0.5) is 11.4 Å². The standard InChI is InChI=1S/C44H36N2O6P2/c1-51-33-27-23-31(24-28-33)45-39-41(47)44(54(50,37-19-11-5-12-20-37)38-21-13-6-14-22-38)40(46-32-25-29-34(52-2)30-26-32)42(48)43(39)53(49,35-15-7-3-8-16-35)36-17-9-4-10-18-36/h3-30,45-46H,1-2H3. The van der Waals surface area contributed by atoms with Gasteiger partial charge in [0, 0.05) is 32.6 Å². The molecule has 0 amide bonds. The van der Waals surface area contributed by atoms with Gasteiger partial charge in [0.15, 0.2) is 14.3 Å². The second-order valence-electron chi connectivity index (χ2n) is 12.4. The van der Waals surface area contributed by atoms with E-state index < -0.39 is 25.9 Å². The van der Waals surface area contributed by atoms with Crippen molar-refractivity contribution in [3.63, 3.8) is 0 Å². The highest BCUT2D eigenvalue weighted by Gasteiger charge is 2.51. The SMILES string of the molecule is COc1ccc(NC2=C(P(=O)(c3ccccc3)c3ccccc3)C(=O)C(Nc3ccc(OC)cc3)=C(P(=O)(c3ccccc3)c3ccccc3)C2=O)cc1. The van der Waals surface area contributed by atoms with Gasteiger partial charge in [-0.3, -0.25) is 9.59 Å². The number of ether oxygens (including phenoxy) is 2. The highest BCUT2D eigenvalue weighted by molar-refractivity contribution is 7.84. The summed E-state index contributed by atoms with van der Waals surface area (Å²) in [7, 11) is -5.20. The first-order valence-electron chi connectivity index (χ1n) is 17.1. The van der Waals surface area contributed by atoms with Crippen LogP contribution in [-0.4, -0.2) is 25.8 Å². The number of Topliss-reactive ketones (excluding diaryl/α,β-unsaturated/α-hetero) is 2. The van der Waals surface area contributed by atoms with E-state index >= 15 is 18.7 Å². The molecule has 2 N–H and O–H groups in total. The Morgan fingerprint density at radius 3 is 0.889 bits per heavy atom. The Labute approximate surface area is 313 Å². The summed E-state index contributed by atoms with van der Waals surface area (Å²) in [4.78, 5) is 31.4. The first-order chi connectivity index (χ1) is 26.3. The Hall–Kier alpha value is -6.20. The van der Waals surface area contributed by atoms with Crippen LogP contribution in [0.5, 0.6) is 11.5 Å². The van der Waals surface area contributed by atoms with Crippen LogP contribution in [0.15, 0.2) is 192 Å². The number of methoxy groups -OCH3 is 2. The summed E-state index contributed by atoms with van der Waals surface area (Å²) in [6.45, 7) is 0. The van der Waals surface area contributed by atoms with Crippen LogP contribution in [0, 0.1) is 0 Å². The monoisotopic (exact) mass is 750 g/mol. The van der Waals surface area contributed by atoms with Gasteiger partial charge in [0.05, 0.1) is 24.8 Å². The van der Waals surface area contributed by atoms with Gasteiger partial charge in [-0.05, 0) is 48.5 Å². The maximum Gasteiger partial charge on any atom is 0.216 e. The van der Waals surface area contributed by atoms with E-state index in [2.05, 4.69) is 10.6 Å². The zero-order valence-electron chi connectivity index (χ0n) is 29.5. The molecule has 1 aliphatic carbocycles. The van der Waals surface area contributed by atoms with Crippen molar-refractivity contribution < 1.29 is 28.2 Å². The fourth-order valence-corrected chi connectivity index (χ4v) is 12.3. The lowest BCUT2D eigenvalue weighted by Gasteiger charge is -2.33. The number of rotatable bonds is 12. The Morgan fingerprint density at radius 2 is 0.648 bits per heavy atom. The van der Waals surface area contributed by atoms with Gasteiger partial charge in [-0.25, -0.2) is 0 Å². The molecule has 8 nitrogen and oxygen atoms in total. The number of ketones is 2. The summed E-state index contributed by atoms with van der Waals surface area (Å²) in [6.07, 6.45) is 0. The second kappa shape index (κ2) is 15.4. The predicted octanol–water partition coefficient (Wildman–Crippen LogP) is 7.83. The average Bonchev–Trinajstić information content (AvgIpc) is 3.24. The molecule has 0 atom stereocenters. The molecule has 0 unspecified atom stereocenters. The highest BCUT2D eigenvalue weighted by Crippen LogP contribution is 2.61. The Balaban J connectivity index is 1.58. The second-order valence-corrected chi connectivity index (χ2v) is 17.8. The van der Waals surface area contributed by atoms with Gasteiger partial charge >= 0.3 is 0 Å². The number of benzene rings is 6. The van der Waals surface area contributed by atoms with Crippen LogP contribution in [0.25, 0.3) is 0 Å². The van der Waals surface area contributed by atoms with Crippen molar-refractivity contribution in [2.24, 2.45) is 0 Å². The minimum Gasteiger partial charge on any atom is -0.497 e. The van der Waals surface area contributed by atoms with Gasteiger partial charge in [-0.1, -0.05) is 121 Å². The lowest BCUT2D eigenvalue weighted by atomic mass is 10.0. The number of nitrogens with one attached hydrogen (secondary N) is 2. The van der Waals surface area contributed by atoms with Gasteiger partial charge in [0.2, 0.25) is 11.6 Å². The lowest BCUT2D eigenvalue weighted by Crippen LogP contribution is -2.36. The largest absolute Gasteiger partial charge is 0.497 e. The average molecular weight is 751 g/mol. The molecule has 0 heterocycles. The van der Waals surface area contributed by atoms with Crippen molar-refractivity contribution in [3.8, 4) is 11.5 Å². The van der Waals surface area contributed by atoms with E-state index in [0.717, 1.165) is 0 Å². The molecule has 6 aromatic carbocycles. The number of hydrogen-bond donors (Lipinski definition) is 2. The van der Waals surface area contributed by atoms with Gasteiger partial charge in [0.1, 0.15) is 22.9 Å². The number of carbonyl (C=O) groups is 2. The van der Waals surface area contributed by atoms with Crippen molar-refractivity contribution >= 4 is 58.4 Å². The maximum atomic E-state index is 16.2. The summed E-state index contributed by atoms with van der Waals surface area (Å²) in [5.41, 5.74) is 0.390. The number of allylic oxidation sites excluding steroid dienone is 2. The fraction of sp³-hybridized carbons (Fsp3) is 0.0455. The summed E-state index contributed by atoms with van der Waals surface area (Å²) in [5, 5.41) is 7.30. The van der Waals surface area contributed by atoms with Crippen LogP contribution in [-0.2, 0) is 18.7 Å². The van der Waals surface area contributed by atoms with Crippen LogP contribution < -0.4 is 41.3 Å². The van der Waals surface area contributed by atoms with Crippen molar-refractivity contribution in [3.05, 3.63) is 192 Å². The van der Waals surface area contributed by atoms with Gasteiger partial charge in [-0.2, -0.15) is 0 Å². The van der Waals surface area contributed by atoms with E-state index in [1.54, 1.807) is 184 Å². The molecule has 0 saturated heterocycles. The molecule has 10 heteroatoms. The maximum absolute atomic E-state index is 16.2. The Kier molecular flexibility index (Phi) is 10.3. The lowest BCUT2D eigenvalue weighted by molar-refractivity contribution is -0.115. The summed E-state index contributed by atoms with van der Waals surface area (Å²) >= 11 is 0. The molecular weight excluding hydrogens is 714 g/mol. The van der Waals surface area contributed by atoms with E-state index in [0.29, 0.717) is 44.1 Å². The Bertz CT molecular complexity index is 2200. The molecule has 1 aliphatic rings. The topological polar surface area (TPSA) is 111 Å². The molecule has 6 aromatic rings. The van der Waals surface area contributed by atoms with Gasteiger partial charge in [0.25, 0.3) is 0 Å². The predicted molar refractivity (Wildman–Crippen MR) is 217 cm³/mol. The third kappa shape index (κ3) is 6.62. The van der Waals surface area contributed by atoms with Crippen molar-refractivity contribution in [2.75, 3.05) is 24.9 Å². The smallest absolute Gasteiger partial charge is 0.216 e. The first kappa shape index (κ1) is 36.2. The van der Waals surface area contributed by atoms with Gasteiger partial charge < -0.3 is 29.2 Å². The van der Waals surface area contributed by atoms with Crippen LogP contribution in [0.3, 0.4) is 0 Å². The summed E-state index contributed by atoms with van der Waals surface area (Å²) < 4.78 is 43.1. The zero-order valence-corrected chi connectivity index (χ0v) is 31.3. The minimum absolute atomic E-state index is 0.233. The van der Waals surface area contributed by atoms with Crippen molar-refractivity contribution in [1.82, 2.24) is 0 Å². The molecular formula is C44H36N2O6P2. The third-order valence-corrected chi connectivity index (χ3v) is 15.4. The van der Waals surface area contributed by atoms with Crippen LogP contribution >= 0.6 is 14.3 Å². The number of carbonyl (C=O) groups excluding carboxylic acids is 2. The molecule has 0 spiro atoms. The molecule has 0 bridgehead atoms. The molecule has 0 aliphatic heterocycles. The molecule has 268 valence electrons. The minimum atomic E-state index is -4.14. The van der Waals surface area contributed by atoms with Crippen LogP contribution in [0.1, 0.15) is 0 Å². The van der Waals surface area contributed by atoms with Gasteiger partial charge in [-0.15, -0.1) is 0 Å². The summed E-state index contributed by atoms with van der Waals surface area (Å²) in [5.74, 6) is -0.326. The van der Waals surface area contributed by atoms with E-state index in [1.165, 1.54) is 0 Å². The third-order valence-electron chi connectivity index (χ3n) is 9.19. The van der Waals surface area contributed by atoms with E-state index in [1.807, 2.05) is 0 Å². The molecule has 0 aromatic heterocycles. The molecule has 54 heavy (non-hydrogen) atoms. The van der Waals surface area contributed by atoms with Crippen molar-refractivity contribution in [2.45, 2.75) is 0 Å². The Morgan fingerprint density at radius 1 is 0.389 bits per heavy atom. The molecule has 0 fully saturated rings. The number of hydrogen-bond acceptors (Lipinski definition) is 8. The number of anilines is 2. The van der Waals surface area contributed by atoms with E-state index in [-0.39, 0.29) is 22.0 Å². The quantitative estimate of drug-likeness (QED) is 0.0963. The first-order valence-corrected chi connectivity index (χ1v) is 20.5. The fourth-order valence-electron chi connectivity index (χ4n) is 6.52. The van der Waals surface area contributed by atoms with E-state index in [9.17, 15) is 0 Å². The molecule has 0 saturated carbocycles.